The van der Waals surface area contributed by atoms with Crippen LogP contribution in [-0.4, -0.2) is 47.6 Å². The molecule has 0 aromatic heterocycles. The zero-order valence-corrected chi connectivity index (χ0v) is 20.5. The molecule has 0 amide bonds. The summed E-state index contributed by atoms with van der Waals surface area (Å²) < 4.78 is 28.7. The third-order valence-electron chi connectivity index (χ3n) is 5.65. The molecule has 2 rings (SSSR count). The topological polar surface area (TPSA) is 46.2 Å². The lowest BCUT2D eigenvalue weighted by molar-refractivity contribution is -0.0454. The predicted octanol–water partition coefficient (Wildman–Crippen LogP) is 5.15. The van der Waals surface area contributed by atoms with Gasteiger partial charge in [0.15, 0.2) is 14.6 Å². The Morgan fingerprint density at radius 2 is 1.77 bits per heavy atom. The van der Waals surface area contributed by atoms with Gasteiger partial charge in [0, 0.05) is 19.3 Å². The van der Waals surface area contributed by atoms with E-state index in [9.17, 15) is 0 Å². The van der Waals surface area contributed by atoms with Crippen molar-refractivity contribution in [2.24, 2.45) is 0 Å². The molecule has 5 nitrogen and oxygen atoms in total. The monoisotopic (exact) mass is 434 g/mol. The van der Waals surface area contributed by atoms with E-state index in [0.29, 0.717) is 32.8 Å². The lowest BCUT2D eigenvalue weighted by Gasteiger charge is -2.39. The molecule has 1 atom stereocenters. The van der Waals surface area contributed by atoms with Crippen LogP contribution in [0, 0.1) is 11.8 Å². The molecule has 0 saturated carbocycles. The number of rotatable bonds is 10. The van der Waals surface area contributed by atoms with Crippen LogP contribution >= 0.6 is 0 Å². The number of methoxy groups -OCH3 is 1. The molecule has 0 spiro atoms. The largest absolute Gasteiger partial charge is 0.497 e. The summed E-state index contributed by atoms with van der Waals surface area (Å²) >= 11 is 0. The van der Waals surface area contributed by atoms with Gasteiger partial charge in [0.2, 0.25) is 0 Å². The Labute approximate surface area is 183 Å². The van der Waals surface area contributed by atoms with Crippen LogP contribution in [0.1, 0.15) is 45.6 Å². The van der Waals surface area contributed by atoms with Crippen molar-refractivity contribution in [2.75, 3.05) is 26.9 Å². The normalized spacial score (nSPS) is 16.2. The van der Waals surface area contributed by atoms with E-state index >= 15 is 0 Å². The number of ether oxygens (including phenoxy) is 4. The fraction of sp³-hybridized carbons (Fsp3) is 0.667. The number of benzene rings is 1. The van der Waals surface area contributed by atoms with E-state index in [-0.39, 0.29) is 17.4 Å². The van der Waals surface area contributed by atoms with Crippen LogP contribution < -0.4 is 4.74 Å². The van der Waals surface area contributed by atoms with Crippen molar-refractivity contribution in [1.29, 1.82) is 0 Å². The highest BCUT2D eigenvalue weighted by molar-refractivity contribution is 6.74. The maximum atomic E-state index is 6.60. The molecule has 1 fully saturated rings. The first-order chi connectivity index (χ1) is 14.2. The molecular weight excluding hydrogens is 396 g/mol. The van der Waals surface area contributed by atoms with Gasteiger partial charge in [-0.15, -0.1) is 11.8 Å². The summed E-state index contributed by atoms with van der Waals surface area (Å²) in [5, 5.41) is 0.145. The minimum Gasteiger partial charge on any atom is -0.497 e. The Balaban J connectivity index is 1.87. The summed E-state index contributed by atoms with van der Waals surface area (Å²) in [6.45, 7) is 13.7. The van der Waals surface area contributed by atoms with Crippen molar-refractivity contribution in [3.63, 3.8) is 0 Å². The van der Waals surface area contributed by atoms with Gasteiger partial charge in [0.05, 0.1) is 39.6 Å². The fourth-order valence-electron chi connectivity index (χ4n) is 2.80. The molecule has 1 heterocycles. The van der Waals surface area contributed by atoms with Crippen molar-refractivity contribution in [3.05, 3.63) is 29.8 Å². The quantitative estimate of drug-likeness (QED) is 0.376. The molecular formula is C24H38O5Si. The molecule has 1 aliphatic rings. The average Bonchev–Trinajstić information content (AvgIpc) is 3.20. The van der Waals surface area contributed by atoms with Gasteiger partial charge in [-0.1, -0.05) is 32.9 Å². The summed E-state index contributed by atoms with van der Waals surface area (Å²) in [5.41, 5.74) is 1.12. The average molecular weight is 435 g/mol. The molecule has 168 valence electrons. The third kappa shape index (κ3) is 8.41. The van der Waals surface area contributed by atoms with Crippen molar-refractivity contribution in [2.45, 2.75) is 77.2 Å². The van der Waals surface area contributed by atoms with Crippen LogP contribution in [0.2, 0.25) is 18.1 Å². The lowest BCUT2D eigenvalue weighted by atomic mass is 10.2. The zero-order chi connectivity index (χ0) is 22.0. The summed E-state index contributed by atoms with van der Waals surface area (Å²) in [5.74, 6) is 7.38. The van der Waals surface area contributed by atoms with E-state index < -0.39 is 8.32 Å². The molecule has 1 aromatic rings. The first kappa shape index (κ1) is 24.9. The Morgan fingerprint density at radius 3 is 2.37 bits per heavy atom. The van der Waals surface area contributed by atoms with Crippen molar-refractivity contribution < 1.29 is 23.4 Å². The first-order valence-electron chi connectivity index (χ1n) is 10.8. The smallest absolute Gasteiger partial charge is 0.192 e. The molecule has 1 aliphatic heterocycles. The maximum Gasteiger partial charge on any atom is 0.192 e. The van der Waals surface area contributed by atoms with Gasteiger partial charge in [0.1, 0.15) is 5.75 Å². The zero-order valence-electron chi connectivity index (χ0n) is 19.5. The highest BCUT2D eigenvalue weighted by Crippen LogP contribution is 2.37. The first-order valence-corrected chi connectivity index (χ1v) is 13.7. The molecule has 0 unspecified atom stereocenters. The van der Waals surface area contributed by atoms with Crippen LogP contribution in [0.4, 0.5) is 0 Å². The van der Waals surface area contributed by atoms with Crippen molar-refractivity contribution in [3.8, 4) is 17.6 Å². The van der Waals surface area contributed by atoms with E-state index in [1.54, 1.807) is 7.11 Å². The second-order valence-electron chi connectivity index (χ2n) is 9.13. The Morgan fingerprint density at radius 1 is 1.10 bits per heavy atom. The Kier molecular flexibility index (Phi) is 9.86. The molecule has 1 aromatic carbocycles. The van der Waals surface area contributed by atoms with E-state index in [0.717, 1.165) is 24.2 Å². The summed E-state index contributed by atoms with van der Waals surface area (Å²) in [6.07, 6.45) is 2.13. The second-order valence-corrected chi connectivity index (χ2v) is 13.9. The van der Waals surface area contributed by atoms with Gasteiger partial charge in [-0.2, -0.15) is 0 Å². The highest BCUT2D eigenvalue weighted by atomic mass is 28.4. The molecule has 6 heteroatoms. The van der Waals surface area contributed by atoms with Gasteiger partial charge in [-0.05, 0) is 35.8 Å². The lowest BCUT2D eigenvalue weighted by Crippen LogP contribution is -2.45. The molecule has 0 aliphatic carbocycles. The van der Waals surface area contributed by atoms with E-state index in [2.05, 4.69) is 45.7 Å². The summed E-state index contributed by atoms with van der Waals surface area (Å²) in [7, 11) is -0.234. The Hall–Kier alpha value is -1.36. The predicted molar refractivity (Wildman–Crippen MR) is 122 cm³/mol. The molecule has 1 saturated heterocycles. The standard InChI is InChI=1S/C24H38O5Si/c1-24(2,3)30(5,6)29-22(10-8-7-9-11-23-27-16-17-28-23)19-26-18-20-12-14-21(25-4)15-13-20/h12-15,22-23H,9-11,16-19H2,1-6H3/t22-/m1/s1. The molecule has 0 N–H and O–H groups in total. The van der Waals surface area contributed by atoms with Gasteiger partial charge in [-0.25, -0.2) is 0 Å². The summed E-state index contributed by atoms with van der Waals surface area (Å²) in [6, 6.07) is 7.95. The number of hydrogen-bond acceptors (Lipinski definition) is 5. The van der Waals surface area contributed by atoms with Crippen LogP contribution in [-0.2, 0) is 25.2 Å². The van der Waals surface area contributed by atoms with Gasteiger partial charge in [0.25, 0.3) is 0 Å². The van der Waals surface area contributed by atoms with Crippen LogP contribution in [0.5, 0.6) is 5.75 Å². The Bertz CT molecular complexity index is 678. The summed E-state index contributed by atoms with van der Waals surface area (Å²) in [4.78, 5) is 0. The SMILES string of the molecule is COc1ccc(COC[C@@H](CC#CCCC2OCCO2)O[Si](C)(C)C(C)(C)C)cc1. The number of hydrogen-bond donors (Lipinski definition) is 0. The van der Waals surface area contributed by atoms with Crippen molar-refractivity contribution >= 4 is 8.32 Å². The van der Waals surface area contributed by atoms with Crippen LogP contribution in [0.3, 0.4) is 0 Å². The minimum atomic E-state index is -1.90. The van der Waals surface area contributed by atoms with Gasteiger partial charge in [-0.3, -0.25) is 0 Å². The molecule has 0 bridgehead atoms. The van der Waals surface area contributed by atoms with Crippen molar-refractivity contribution in [1.82, 2.24) is 0 Å². The van der Waals surface area contributed by atoms with E-state index in [4.69, 9.17) is 23.4 Å². The third-order valence-corrected chi connectivity index (χ3v) is 10.2. The molecule has 0 radical (unpaired) electrons. The van der Waals surface area contributed by atoms with Crippen LogP contribution in [0.25, 0.3) is 0 Å². The van der Waals surface area contributed by atoms with Gasteiger partial charge >= 0.3 is 0 Å². The molecule has 30 heavy (non-hydrogen) atoms. The fourth-order valence-corrected chi connectivity index (χ4v) is 4.13. The van der Waals surface area contributed by atoms with Gasteiger partial charge < -0.3 is 23.4 Å². The van der Waals surface area contributed by atoms with E-state index in [1.165, 1.54) is 0 Å². The highest BCUT2D eigenvalue weighted by Gasteiger charge is 2.39. The second kappa shape index (κ2) is 11.9. The van der Waals surface area contributed by atoms with Crippen LogP contribution in [0.15, 0.2) is 24.3 Å². The maximum absolute atomic E-state index is 6.60. The minimum absolute atomic E-state index is 0.0318. The van der Waals surface area contributed by atoms with E-state index in [1.807, 2.05) is 24.3 Å².